The molecule has 0 bridgehead atoms. The van der Waals surface area contributed by atoms with Gasteiger partial charge in [-0.2, -0.15) is 0 Å². The fraction of sp³-hybridized carbons (Fsp3) is 0.444. The molecule has 0 radical (unpaired) electrons. The molecule has 3 heteroatoms. The van der Waals surface area contributed by atoms with Crippen molar-refractivity contribution in [2.24, 2.45) is 0 Å². The number of ketones is 1. The molecule has 0 aromatic heterocycles. The Bertz CT molecular complexity index is 240. The van der Waals surface area contributed by atoms with Crippen LogP contribution in [0.5, 0.6) is 0 Å². The minimum absolute atomic E-state index is 0.230. The second-order valence-electron chi connectivity index (χ2n) is 2.68. The fourth-order valence-corrected chi connectivity index (χ4v) is 1.30. The zero-order valence-electron chi connectivity index (χ0n) is 7.04. The van der Waals surface area contributed by atoms with Gasteiger partial charge in [0.05, 0.1) is 7.11 Å². The highest BCUT2D eigenvalue weighted by molar-refractivity contribution is 6.01. The molecular weight excluding hydrogens is 156 g/mol. The Labute approximate surface area is 71.3 Å². The zero-order chi connectivity index (χ0) is 9.14. The molecule has 1 unspecified atom stereocenters. The van der Waals surface area contributed by atoms with E-state index in [0.717, 1.165) is 0 Å². The highest BCUT2D eigenvalue weighted by atomic mass is 16.5. The molecule has 1 aliphatic rings. The Hall–Kier alpha value is -1.09. The van der Waals surface area contributed by atoms with Crippen LogP contribution in [0.2, 0.25) is 0 Å². The number of aliphatic hydroxyl groups excluding tert-OH is 1. The van der Waals surface area contributed by atoms with Crippen molar-refractivity contribution >= 4 is 5.78 Å². The molecule has 3 nitrogen and oxygen atoms in total. The van der Waals surface area contributed by atoms with Gasteiger partial charge in [-0.3, -0.25) is 4.79 Å². The summed E-state index contributed by atoms with van der Waals surface area (Å²) in [4.78, 5) is 11.2. The van der Waals surface area contributed by atoms with Crippen molar-refractivity contribution in [2.45, 2.75) is 18.9 Å². The van der Waals surface area contributed by atoms with Gasteiger partial charge in [-0.1, -0.05) is 6.08 Å². The van der Waals surface area contributed by atoms with Crippen LogP contribution in [0.4, 0.5) is 0 Å². The molecule has 0 saturated carbocycles. The number of ether oxygens (including phenoxy) is 1. The third-order valence-corrected chi connectivity index (χ3v) is 1.91. The SMILES string of the molecule is C=CCC1=C(OC)CC(O)C1=O. The summed E-state index contributed by atoms with van der Waals surface area (Å²) in [7, 11) is 1.50. The predicted molar refractivity (Wildman–Crippen MR) is 44.5 cm³/mol. The van der Waals surface area contributed by atoms with Gasteiger partial charge >= 0.3 is 0 Å². The van der Waals surface area contributed by atoms with Crippen LogP contribution in [0.3, 0.4) is 0 Å². The first-order valence-corrected chi connectivity index (χ1v) is 3.80. The number of allylic oxidation sites excluding steroid dienone is 1. The highest BCUT2D eigenvalue weighted by Crippen LogP contribution is 2.26. The van der Waals surface area contributed by atoms with E-state index in [4.69, 9.17) is 4.74 Å². The quantitative estimate of drug-likeness (QED) is 0.634. The number of aliphatic hydroxyl groups is 1. The monoisotopic (exact) mass is 168 g/mol. The number of hydrogen-bond acceptors (Lipinski definition) is 3. The molecule has 66 valence electrons. The topological polar surface area (TPSA) is 46.5 Å². The van der Waals surface area contributed by atoms with Gasteiger partial charge in [-0.05, 0) is 6.42 Å². The maximum Gasteiger partial charge on any atom is 0.191 e. The van der Waals surface area contributed by atoms with Gasteiger partial charge in [-0.25, -0.2) is 0 Å². The lowest BCUT2D eigenvalue weighted by molar-refractivity contribution is -0.122. The highest BCUT2D eigenvalue weighted by Gasteiger charge is 2.31. The summed E-state index contributed by atoms with van der Waals surface area (Å²) in [5, 5.41) is 9.19. The standard InChI is InChI=1S/C9H12O3/c1-3-4-6-8(12-2)5-7(10)9(6)11/h3,7,10H,1,4-5H2,2H3. The van der Waals surface area contributed by atoms with Crippen molar-refractivity contribution in [3.63, 3.8) is 0 Å². The van der Waals surface area contributed by atoms with Gasteiger partial charge in [-0.15, -0.1) is 6.58 Å². The molecule has 0 saturated heterocycles. The summed E-state index contributed by atoms with van der Waals surface area (Å²) in [6.07, 6.45) is 1.50. The Morgan fingerprint density at radius 1 is 1.83 bits per heavy atom. The lowest BCUT2D eigenvalue weighted by Gasteiger charge is -2.00. The zero-order valence-corrected chi connectivity index (χ0v) is 7.04. The molecular formula is C9H12O3. The van der Waals surface area contributed by atoms with E-state index in [2.05, 4.69) is 6.58 Å². The van der Waals surface area contributed by atoms with Crippen molar-refractivity contribution in [2.75, 3.05) is 7.11 Å². The summed E-state index contributed by atoms with van der Waals surface area (Å²) >= 11 is 0. The number of rotatable bonds is 3. The first-order valence-electron chi connectivity index (χ1n) is 3.80. The third-order valence-electron chi connectivity index (χ3n) is 1.91. The van der Waals surface area contributed by atoms with E-state index >= 15 is 0 Å². The average molecular weight is 168 g/mol. The molecule has 1 aliphatic carbocycles. The molecule has 0 amide bonds. The van der Waals surface area contributed by atoms with Crippen molar-refractivity contribution < 1.29 is 14.6 Å². The van der Waals surface area contributed by atoms with Crippen LogP contribution in [-0.2, 0) is 9.53 Å². The number of hydrogen-bond donors (Lipinski definition) is 1. The molecule has 0 aliphatic heterocycles. The average Bonchev–Trinajstić information content (AvgIpc) is 2.33. The normalized spacial score (nSPS) is 23.2. The van der Waals surface area contributed by atoms with Crippen LogP contribution >= 0.6 is 0 Å². The number of carbonyl (C=O) groups excluding carboxylic acids is 1. The van der Waals surface area contributed by atoms with Gasteiger partial charge in [0.25, 0.3) is 0 Å². The van der Waals surface area contributed by atoms with Gasteiger partial charge in [0.1, 0.15) is 11.9 Å². The van der Waals surface area contributed by atoms with Crippen LogP contribution < -0.4 is 0 Å². The summed E-state index contributed by atoms with van der Waals surface area (Å²) in [6.45, 7) is 3.53. The molecule has 1 atom stereocenters. The van der Waals surface area contributed by atoms with Crippen LogP contribution in [0, 0.1) is 0 Å². The molecule has 12 heavy (non-hydrogen) atoms. The van der Waals surface area contributed by atoms with E-state index in [1.165, 1.54) is 7.11 Å². The van der Waals surface area contributed by atoms with E-state index in [1.54, 1.807) is 6.08 Å². The third kappa shape index (κ3) is 1.41. The largest absolute Gasteiger partial charge is 0.501 e. The van der Waals surface area contributed by atoms with Crippen molar-refractivity contribution in [1.29, 1.82) is 0 Å². The maximum absolute atomic E-state index is 11.2. The Kier molecular flexibility index (Phi) is 2.65. The maximum atomic E-state index is 11.2. The van der Waals surface area contributed by atoms with Gasteiger partial charge in [0.15, 0.2) is 5.78 Å². The van der Waals surface area contributed by atoms with Crippen LogP contribution in [0.15, 0.2) is 24.0 Å². The number of Topliss-reactive ketones (excluding diaryl/α,β-unsaturated/α-hetero) is 1. The summed E-state index contributed by atoms with van der Waals surface area (Å²) in [5.41, 5.74) is 0.556. The fourth-order valence-electron chi connectivity index (χ4n) is 1.30. The predicted octanol–water partition coefficient (Wildman–Crippen LogP) is 0.797. The lowest BCUT2D eigenvalue weighted by atomic mass is 10.1. The minimum atomic E-state index is -0.908. The molecule has 1 N–H and O–H groups in total. The smallest absolute Gasteiger partial charge is 0.191 e. The van der Waals surface area contributed by atoms with Crippen LogP contribution in [-0.4, -0.2) is 24.1 Å². The van der Waals surface area contributed by atoms with E-state index in [1.807, 2.05) is 0 Å². The van der Waals surface area contributed by atoms with Gasteiger partial charge in [0.2, 0.25) is 0 Å². The van der Waals surface area contributed by atoms with Gasteiger partial charge in [0, 0.05) is 12.0 Å². The summed E-state index contributed by atoms with van der Waals surface area (Å²) in [5.74, 6) is 0.360. The van der Waals surface area contributed by atoms with Crippen LogP contribution in [0.25, 0.3) is 0 Å². The summed E-state index contributed by atoms with van der Waals surface area (Å²) in [6, 6.07) is 0. The molecule has 0 spiro atoms. The van der Waals surface area contributed by atoms with Crippen LogP contribution in [0.1, 0.15) is 12.8 Å². The van der Waals surface area contributed by atoms with E-state index in [9.17, 15) is 9.90 Å². The molecule has 0 aromatic carbocycles. The number of methoxy groups -OCH3 is 1. The molecule has 0 aromatic rings. The molecule has 0 fully saturated rings. The Morgan fingerprint density at radius 2 is 2.50 bits per heavy atom. The van der Waals surface area contributed by atoms with E-state index < -0.39 is 6.10 Å². The minimum Gasteiger partial charge on any atom is -0.501 e. The Balaban J connectivity index is 2.86. The molecule has 0 heterocycles. The van der Waals surface area contributed by atoms with Crippen molar-refractivity contribution in [3.8, 4) is 0 Å². The van der Waals surface area contributed by atoms with E-state index in [0.29, 0.717) is 24.2 Å². The molecule has 1 rings (SSSR count). The van der Waals surface area contributed by atoms with E-state index in [-0.39, 0.29) is 5.78 Å². The Morgan fingerprint density at radius 3 is 3.00 bits per heavy atom. The summed E-state index contributed by atoms with van der Waals surface area (Å²) < 4.78 is 4.97. The van der Waals surface area contributed by atoms with Gasteiger partial charge < -0.3 is 9.84 Å². The number of carbonyl (C=O) groups is 1. The second kappa shape index (κ2) is 3.54. The first kappa shape index (κ1) is 9.00. The first-order chi connectivity index (χ1) is 5.70. The second-order valence-corrected chi connectivity index (χ2v) is 2.68. The lowest BCUT2D eigenvalue weighted by Crippen LogP contribution is -2.14. The van der Waals surface area contributed by atoms with Crippen molar-refractivity contribution in [1.82, 2.24) is 0 Å². The van der Waals surface area contributed by atoms with Crippen molar-refractivity contribution in [3.05, 3.63) is 24.0 Å².